The summed E-state index contributed by atoms with van der Waals surface area (Å²) in [5.74, 6) is 2.00. The van der Waals surface area contributed by atoms with E-state index in [9.17, 15) is 0 Å². The van der Waals surface area contributed by atoms with Gasteiger partial charge in [-0.15, -0.1) is 0 Å². The van der Waals surface area contributed by atoms with Crippen molar-refractivity contribution < 1.29 is 14.2 Å². The number of methoxy groups -OCH3 is 1. The first kappa shape index (κ1) is 21.5. The van der Waals surface area contributed by atoms with Crippen LogP contribution in [0.3, 0.4) is 0 Å². The summed E-state index contributed by atoms with van der Waals surface area (Å²) in [7, 11) is 1.58. The van der Waals surface area contributed by atoms with Crippen LogP contribution in [0.4, 0.5) is 5.69 Å². The van der Waals surface area contributed by atoms with Gasteiger partial charge in [-0.3, -0.25) is 5.43 Å². The Balaban J connectivity index is 1.66. The molecule has 0 saturated carbocycles. The van der Waals surface area contributed by atoms with Gasteiger partial charge in [0, 0.05) is 0 Å². The van der Waals surface area contributed by atoms with Crippen molar-refractivity contribution in [3.05, 3.63) is 82.4 Å². The number of aryl methyl sites for hydroxylation is 1. The van der Waals surface area contributed by atoms with E-state index in [-0.39, 0.29) is 0 Å². The molecule has 3 aromatic rings. The number of hydrazone groups is 1. The molecule has 0 bridgehead atoms. The second kappa shape index (κ2) is 10.6. The van der Waals surface area contributed by atoms with E-state index in [1.54, 1.807) is 25.5 Å². The van der Waals surface area contributed by atoms with Crippen molar-refractivity contribution >= 4 is 23.5 Å². The summed E-state index contributed by atoms with van der Waals surface area (Å²) in [5, 5.41) is 4.79. The van der Waals surface area contributed by atoms with Crippen molar-refractivity contribution in [3.63, 3.8) is 0 Å². The van der Waals surface area contributed by atoms with Gasteiger partial charge >= 0.3 is 0 Å². The predicted molar refractivity (Wildman–Crippen MR) is 122 cm³/mol. The summed E-state index contributed by atoms with van der Waals surface area (Å²) in [5.41, 5.74) is 6.94. The minimum Gasteiger partial charge on any atom is -0.495 e. The highest BCUT2D eigenvalue weighted by molar-refractivity contribution is 6.32. The van der Waals surface area contributed by atoms with E-state index in [1.807, 2.05) is 31.2 Å². The van der Waals surface area contributed by atoms with Crippen molar-refractivity contribution in [1.29, 1.82) is 0 Å². The second-order valence-corrected chi connectivity index (χ2v) is 7.04. The van der Waals surface area contributed by atoms with Crippen LogP contribution in [0, 0.1) is 6.92 Å². The van der Waals surface area contributed by atoms with E-state index in [0.717, 1.165) is 16.8 Å². The fraction of sp³-hybridized carbons (Fsp3) is 0.208. The van der Waals surface area contributed by atoms with Crippen LogP contribution >= 0.6 is 11.6 Å². The summed E-state index contributed by atoms with van der Waals surface area (Å²) in [4.78, 5) is 0. The molecule has 5 nitrogen and oxygen atoms in total. The Hall–Kier alpha value is -3.18. The van der Waals surface area contributed by atoms with Crippen LogP contribution in [-0.4, -0.2) is 19.9 Å². The lowest BCUT2D eigenvalue weighted by atomic mass is 10.2. The van der Waals surface area contributed by atoms with Gasteiger partial charge in [-0.05, 0) is 61.4 Å². The Labute approximate surface area is 182 Å². The zero-order valence-electron chi connectivity index (χ0n) is 17.3. The summed E-state index contributed by atoms with van der Waals surface area (Å²) in [6.45, 7) is 5.04. The molecule has 0 aliphatic heterocycles. The van der Waals surface area contributed by atoms with Crippen LogP contribution in [0.25, 0.3) is 0 Å². The lowest BCUT2D eigenvalue weighted by Gasteiger charge is -2.13. The van der Waals surface area contributed by atoms with Gasteiger partial charge in [0.05, 0.1) is 30.6 Å². The number of rotatable bonds is 9. The highest BCUT2D eigenvalue weighted by Crippen LogP contribution is 2.29. The van der Waals surface area contributed by atoms with E-state index in [4.69, 9.17) is 25.8 Å². The molecule has 0 unspecified atom stereocenters. The number of halogens is 1. The van der Waals surface area contributed by atoms with E-state index < -0.39 is 0 Å². The fourth-order valence-corrected chi connectivity index (χ4v) is 3.01. The minimum absolute atomic E-state index is 0.480. The smallest absolute Gasteiger partial charge is 0.161 e. The quantitative estimate of drug-likeness (QED) is 0.334. The number of hydrogen-bond donors (Lipinski definition) is 1. The van der Waals surface area contributed by atoms with E-state index in [0.29, 0.717) is 35.5 Å². The van der Waals surface area contributed by atoms with Gasteiger partial charge in [-0.2, -0.15) is 5.10 Å². The third-order valence-corrected chi connectivity index (χ3v) is 4.64. The summed E-state index contributed by atoms with van der Waals surface area (Å²) in [6, 6.07) is 19.4. The Morgan fingerprint density at radius 2 is 1.70 bits per heavy atom. The zero-order chi connectivity index (χ0) is 21.3. The molecule has 156 valence electrons. The van der Waals surface area contributed by atoms with Crippen LogP contribution in [0.1, 0.15) is 23.6 Å². The van der Waals surface area contributed by atoms with Gasteiger partial charge in [-0.1, -0.05) is 41.4 Å². The first-order valence-corrected chi connectivity index (χ1v) is 10.0. The Bertz CT molecular complexity index is 1000. The number of anilines is 1. The van der Waals surface area contributed by atoms with Gasteiger partial charge in [0.25, 0.3) is 0 Å². The topological polar surface area (TPSA) is 52.1 Å². The lowest BCUT2D eigenvalue weighted by molar-refractivity contribution is 0.269. The number of benzene rings is 3. The van der Waals surface area contributed by atoms with Crippen LogP contribution in [0.2, 0.25) is 5.02 Å². The number of nitrogens with one attached hydrogen (secondary N) is 1. The molecular weight excluding hydrogens is 400 g/mol. The van der Waals surface area contributed by atoms with Crippen LogP contribution in [-0.2, 0) is 6.61 Å². The van der Waals surface area contributed by atoms with Crippen LogP contribution in [0.5, 0.6) is 17.2 Å². The maximum atomic E-state index is 6.13. The minimum atomic E-state index is 0.480. The average molecular weight is 425 g/mol. The molecule has 0 heterocycles. The fourth-order valence-electron chi connectivity index (χ4n) is 2.76. The first-order valence-electron chi connectivity index (χ1n) is 9.67. The maximum absolute atomic E-state index is 6.13. The summed E-state index contributed by atoms with van der Waals surface area (Å²) < 4.78 is 16.9. The molecule has 0 fully saturated rings. The summed E-state index contributed by atoms with van der Waals surface area (Å²) in [6.07, 6.45) is 1.71. The first-order chi connectivity index (χ1) is 14.6. The van der Waals surface area contributed by atoms with Gasteiger partial charge in [0.1, 0.15) is 12.4 Å². The van der Waals surface area contributed by atoms with Crippen LogP contribution < -0.4 is 19.6 Å². The van der Waals surface area contributed by atoms with Crippen LogP contribution in [0.15, 0.2) is 65.8 Å². The second-order valence-electron chi connectivity index (χ2n) is 6.63. The SMILES string of the molecule is CCOc1cc(/C=N/Nc2ccc(OC)c(Cl)c2)ccc1OCc1ccc(C)cc1. The third-order valence-electron chi connectivity index (χ3n) is 4.34. The van der Waals surface area contributed by atoms with Crippen molar-refractivity contribution in [2.45, 2.75) is 20.5 Å². The zero-order valence-corrected chi connectivity index (χ0v) is 18.1. The standard InChI is InChI=1S/C24H25ClN2O3/c1-4-29-24-13-19(15-26-27-20-10-12-22(28-3)21(25)14-20)9-11-23(24)30-16-18-7-5-17(2)6-8-18/h5-15,27H,4,16H2,1-3H3/b26-15+. The predicted octanol–water partition coefficient (Wildman–Crippen LogP) is 6.08. The van der Waals surface area contributed by atoms with E-state index in [2.05, 4.69) is 41.7 Å². The highest BCUT2D eigenvalue weighted by atomic mass is 35.5. The molecule has 1 N–H and O–H groups in total. The number of nitrogens with zero attached hydrogens (tertiary/aromatic N) is 1. The van der Waals surface area contributed by atoms with Gasteiger partial charge < -0.3 is 14.2 Å². The van der Waals surface area contributed by atoms with Gasteiger partial charge in [0.15, 0.2) is 11.5 Å². The lowest BCUT2D eigenvalue weighted by Crippen LogP contribution is -2.00. The van der Waals surface area contributed by atoms with Crippen molar-refractivity contribution in [2.24, 2.45) is 5.10 Å². The normalized spacial score (nSPS) is 10.8. The van der Waals surface area contributed by atoms with E-state index >= 15 is 0 Å². The molecule has 6 heteroatoms. The largest absolute Gasteiger partial charge is 0.495 e. The molecule has 3 rings (SSSR count). The molecule has 0 aromatic heterocycles. The Morgan fingerprint density at radius 1 is 0.933 bits per heavy atom. The average Bonchev–Trinajstić information content (AvgIpc) is 2.75. The third kappa shape index (κ3) is 5.91. The monoisotopic (exact) mass is 424 g/mol. The van der Waals surface area contributed by atoms with Gasteiger partial charge in [-0.25, -0.2) is 0 Å². The molecule has 0 aliphatic rings. The molecule has 3 aromatic carbocycles. The molecule has 0 radical (unpaired) electrons. The highest BCUT2D eigenvalue weighted by Gasteiger charge is 2.07. The molecule has 0 amide bonds. The molecule has 0 aliphatic carbocycles. The molecule has 0 saturated heterocycles. The Morgan fingerprint density at radius 3 is 2.40 bits per heavy atom. The van der Waals surface area contributed by atoms with Gasteiger partial charge in [0.2, 0.25) is 0 Å². The van der Waals surface area contributed by atoms with Crippen molar-refractivity contribution in [2.75, 3.05) is 19.1 Å². The number of hydrogen-bond acceptors (Lipinski definition) is 5. The molecule has 0 spiro atoms. The molecule has 0 atom stereocenters. The van der Waals surface area contributed by atoms with Crippen molar-refractivity contribution in [1.82, 2.24) is 0 Å². The Kier molecular flexibility index (Phi) is 7.57. The molecular formula is C24H25ClN2O3. The van der Waals surface area contributed by atoms with Crippen molar-refractivity contribution in [3.8, 4) is 17.2 Å². The van der Waals surface area contributed by atoms with E-state index in [1.165, 1.54) is 5.56 Å². The maximum Gasteiger partial charge on any atom is 0.161 e. The number of ether oxygens (including phenoxy) is 3. The summed E-state index contributed by atoms with van der Waals surface area (Å²) >= 11 is 6.13. The molecule has 30 heavy (non-hydrogen) atoms.